The molecule has 0 saturated carbocycles. The Kier molecular flexibility index (Phi) is 8.32. The molecule has 0 atom stereocenters. The lowest BCUT2D eigenvalue weighted by atomic mass is 10.3. The molecule has 0 fully saturated rings. The largest absolute Gasteiger partial charge is 0.415 e. The van der Waals surface area contributed by atoms with Crippen LogP contribution in [0.3, 0.4) is 0 Å². The van der Waals surface area contributed by atoms with Gasteiger partial charge in [-0.25, -0.2) is 0 Å². The van der Waals surface area contributed by atoms with Gasteiger partial charge in [0.15, 0.2) is 0 Å². The van der Waals surface area contributed by atoms with Crippen LogP contribution < -0.4 is 5.32 Å². The van der Waals surface area contributed by atoms with Crippen LogP contribution in [0, 0.1) is 0 Å². The first-order valence-corrected chi connectivity index (χ1v) is 9.35. The van der Waals surface area contributed by atoms with Crippen LogP contribution in [0.1, 0.15) is 26.7 Å². The molecule has 0 aliphatic heterocycles. The fourth-order valence-corrected chi connectivity index (χ4v) is 2.66. The fourth-order valence-electron chi connectivity index (χ4n) is 1.61. The standard InChI is InChI=1S/C13H22N4O3S2/c1-5-17(6-10(18)14-9(2)3)12(19)8-22-13-16-15-11(20-13)7-21-4/h9H,5-8H2,1-4H3,(H,14,18). The van der Waals surface area contributed by atoms with E-state index < -0.39 is 0 Å². The zero-order valence-electron chi connectivity index (χ0n) is 13.3. The molecule has 1 aromatic heterocycles. The maximum atomic E-state index is 12.1. The van der Waals surface area contributed by atoms with E-state index in [0.717, 1.165) is 0 Å². The summed E-state index contributed by atoms with van der Waals surface area (Å²) in [7, 11) is 0. The maximum Gasteiger partial charge on any atom is 0.277 e. The highest BCUT2D eigenvalue weighted by atomic mass is 32.2. The molecule has 0 saturated heterocycles. The van der Waals surface area contributed by atoms with E-state index in [1.165, 1.54) is 16.7 Å². The third kappa shape index (κ3) is 6.69. The van der Waals surface area contributed by atoms with Crippen LogP contribution in [0.4, 0.5) is 0 Å². The summed E-state index contributed by atoms with van der Waals surface area (Å²) in [6, 6.07) is 0.0592. The Morgan fingerprint density at radius 1 is 1.36 bits per heavy atom. The summed E-state index contributed by atoms with van der Waals surface area (Å²) in [5, 5.41) is 10.9. The Labute approximate surface area is 139 Å². The summed E-state index contributed by atoms with van der Waals surface area (Å²) in [6.07, 6.45) is 1.95. The number of nitrogens with one attached hydrogen (secondary N) is 1. The summed E-state index contributed by atoms with van der Waals surface area (Å²) in [4.78, 5) is 25.4. The molecule has 1 heterocycles. The van der Waals surface area contributed by atoms with Gasteiger partial charge >= 0.3 is 0 Å². The van der Waals surface area contributed by atoms with Gasteiger partial charge in [0.1, 0.15) is 0 Å². The number of rotatable bonds is 9. The quantitative estimate of drug-likeness (QED) is 0.676. The third-order valence-electron chi connectivity index (χ3n) is 2.55. The highest BCUT2D eigenvalue weighted by Gasteiger charge is 2.17. The van der Waals surface area contributed by atoms with E-state index in [0.29, 0.717) is 23.4 Å². The van der Waals surface area contributed by atoms with Crippen molar-refractivity contribution in [3.05, 3.63) is 5.89 Å². The number of likely N-dealkylation sites (N-methyl/N-ethyl adjacent to an activating group) is 1. The van der Waals surface area contributed by atoms with Crippen LogP contribution in [0.15, 0.2) is 9.64 Å². The zero-order valence-corrected chi connectivity index (χ0v) is 14.9. The van der Waals surface area contributed by atoms with Crippen LogP contribution in [-0.2, 0) is 15.3 Å². The third-order valence-corrected chi connectivity index (χ3v) is 3.89. The van der Waals surface area contributed by atoms with Gasteiger partial charge in [-0.05, 0) is 27.0 Å². The molecule has 1 N–H and O–H groups in total. The molecule has 124 valence electrons. The van der Waals surface area contributed by atoms with Gasteiger partial charge in [-0.1, -0.05) is 11.8 Å². The molecular formula is C13H22N4O3S2. The molecule has 22 heavy (non-hydrogen) atoms. The Morgan fingerprint density at radius 2 is 2.09 bits per heavy atom. The average Bonchev–Trinajstić information content (AvgIpc) is 2.89. The first-order chi connectivity index (χ1) is 10.5. The predicted molar refractivity (Wildman–Crippen MR) is 87.8 cm³/mol. The van der Waals surface area contributed by atoms with Crippen molar-refractivity contribution in [1.82, 2.24) is 20.4 Å². The van der Waals surface area contributed by atoms with E-state index in [2.05, 4.69) is 15.5 Å². The van der Waals surface area contributed by atoms with E-state index in [1.54, 1.807) is 11.8 Å². The van der Waals surface area contributed by atoms with E-state index in [4.69, 9.17) is 4.42 Å². The van der Waals surface area contributed by atoms with Gasteiger partial charge in [0, 0.05) is 12.6 Å². The Bertz CT molecular complexity index is 493. The molecule has 1 rings (SSSR count). The highest BCUT2D eigenvalue weighted by molar-refractivity contribution is 7.99. The van der Waals surface area contributed by atoms with Gasteiger partial charge in [0.2, 0.25) is 17.7 Å². The van der Waals surface area contributed by atoms with Gasteiger partial charge in [-0.15, -0.1) is 10.2 Å². The number of carbonyl (C=O) groups is 2. The highest BCUT2D eigenvalue weighted by Crippen LogP contribution is 2.18. The minimum absolute atomic E-state index is 0.0592. The minimum Gasteiger partial charge on any atom is -0.415 e. The van der Waals surface area contributed by atoms with E-state index in [-0.39, 0.29) is 30.2 Å². The molecule has 0 aromatic carbocycles. The number of amides is 2. The van der Waals surface area contributed by atoms with Gasteiger partial charge in [-0.2, -0.15) is 11.8 Å². The second-order valence-electron chi connectivity index (χ2n) is 4.81. The number of nitrogens with zero attached hydrogens (tertiary/aromatic N) is 3. The molecule has 2 amide bonds. The van der Waals surface area contributed by atoms with Crippen molar-refractivity contribution in [2.24, 2.45) is 0 Å². The predicted octanol–water partition coefficient (Wildman–Crippen LogP) is 1.40. The Balaban J connectivity index is 2.45. The van der Waals surface area contributed by atoms with Crippen LogP contribution >= 0.6 is 23.5 Å². The zero-order chi connectivity index (χ0) is 16.5. The summed E-state index contributed by atoms with van der Waals surface area (Å²) < 4.78 is 5.39. The maximum absolute atomic E-state index is 12.1. The molecule has 0 aliphatic carbocycles. The number of carbonyl (C=O) groups excluding carboxylic acids is 2. The molecule has 7 nitrogen and oxygen atoms in total. The topological polar surface area (TPSA) is 88.3 Å². The number of thioether (sulfide) groups is 2. The number of hydrogen-bond acceptors (Lipinski definition) is 7. The van der Waals surface area contributed by atoms with Crippen LogP contribution in [0.25, 0.3) is 0 Å². The minimum atomic E-state index is -0.157. The molecule has 0 radical (unpaired) electrons. The SMILES string of the molecule is CCN(CC(=O)NC(C)C)C(=O)CSc1nnc(CSC)o1. The number of aromatic nitrogens is 2. The van der Waals surface area contributed by atoms with Crippen LogP contribution in [0.5, 0.6) is 0 Å². The Hall–Kier alpha value is -1.22. The molecule has 1 aromatic rings. The van der Waals surface area contributed by atoms with Gasteiger partial charge in [-0.3, -0.25) is 9.59 Å². The van der Waals surface area contributed by atoms with Crippen molar-refractivity contribution in [2.45, 2.75) is 37.8 Å². The first-order valence-electron chi connectivity index (χ1n) is 6.97. The molecule has 0 spiro atoms. The normalized spacial score (nSPS) is 10.8. The summed E-state index contributed by atoms with van der Waals surface area (Å²) in [5.41, 5.74) is 0. The van der Waals surface area contributed by atoms with Crippen LogP contribution in [-0.4, -0.2) is 58.1 Å². The molecule has 0 bridgehead atoms. The average molecular weight is 346 g/mol. The molecular weight excluding hydrogens is 324 g/mol. The molecule has 9 heteroatoms. The van der Waals surface area contributed by atoms with Crippen molar-refractivity contribution < 1.29 is 14.0 Å². The van der Waals surface area contributed by atoms with Gasteiger partial charge in [0.05, 0.1) is 18.1 Å². The lowest BCUT2D eigenvalue weighted by Gasteiger charge is -2.20. The Morgan fingerprint density at radius 3 is 2.68 bits per heavy atom. The summed E-state index contributed by atoms with van der Waals surface area (Å²) >= 11 is 2.77. The molecule has 0 unspecified atom stereocenters. The monoisotopic (exact) mass is 346 g/mol. The van der Waals surface area contributed by atoms with E-state index >= 15 is 0 Å². The lowest BCUT2D eigenvalue weighted by molar-refractivity contribution is -0.134. The van der Waals surface area contributed by atoms with Crippen molar-refractivity contribution in [2.75, 3.05) is 25.1 Å². The van der Waals surface area contributed by atoms with Crippen molar-refractivity contribution in [3.63, 3.8) is 0 Å². The van der Waals surface area contributed by atoms with Crippen molar-refractivity contribution in [3.8, 4) is 0 Å². The fraction of sp³-hybridized carbons (Fsp3) is 0.692. The second kappa shape index (κ2) is 9.73. The van der Waals surface area contributed by atoms with Crippen molar-refractivity contribution >= 4 is 35.3 Å². The van der Waals surface area contributed by atoms with Crippen LogP contribution in [0.2, 0.25) is 0 Å². The van der Waals surface area contributed by atoms with Gasteiger partial charge < -0.3 is 14.6 Å². The number of hydrogen-bond donors (Lipinski definition) is 1. The van der Waals surface area contributed by atoms with E-state index in [9.17, 15) is 9.59 Å². The van der Waals surface area contributed by atoms with E-state index in [1.807, 2.05) is 27.0 Å². The van der Waals surface area contributed by atoms with Gasteiger partial charge in [0.25, 0.3) is 5.22 Å². The lowest BCUT2D eigenvalue weighted by Crippen LogP contribution is -2.43. The second-order valence-corrected chi connectivity index (χ2v) is 6.61. The first kappa shape index (κ1) is 18.8. The summed E-state index contributed by atoms with van der Waals surface area (Å²) in [6.45, 7) is 6.15. The molecule has 0 aliphatic rings. The summed E-state index contributed by atoms with van der Waals surface area (Å²) in [5.74, 6) is 1.08. The van der Waals surface area contributed by atoms with Crippen molar-refractivity contribution in [1.29, 1.82) is 0 Å². The smallest absolute Gasteiger partial charge is 0.277 e.